The van der Waals surface area contributed by atoms with Gasteiger partial charge in [0.05, 0.1) is 30.3 Å². The molecule has 0 N–H and O–H groups in total. The van der Waals surface area contributed by atoms with Crippen molar-refractivity contribution in [2.75, 3.05) is 44.3 Å². The molecule has 7 nitrogen and oxygen atoms in total. The average Bonchev–Trinajstić information content (AvgIpc) is 3.23. The summed E-state index contributed by atoms with van der Waals surface area (Å²) in [7, 11) is 0. The molecule has 2 saturated heterocycles. The lowest BCUT2D eigenvalue weighted by Gasteiger charge is -2.35. The fourth-order valence-corrected chi connectivity index (χ4v) is 4.28. The van der Waals surface area contributed by atoms with Crippen LogP contribution in [0.4, 0.5) is 5.88 Å². The van der Waals surface area contributed by atoms with Crippen molar-refractivity contribution >= 4 is 34.8 Å². The van der Waals surface area contributed by atoms with Gasteiger partial charge in [0.25, 0.3) is 5.91 Å². The molecule has 3 aliphatic rings. The number of amidine groups is 1. The van der Waals surface area contributed by atoms with Gasteiger partial charge in [0, 0.05) is 38.3 Å². The van der Waals surface area contributed by atoms with E-state index in [4.69, 9.17) is 13.9 Å². The van der Waals surface area contributed by atoms with Gasteiger partial charge in [-0.05, 0) is 31.7 Å². The monoisotopic (exact) mass is 377 g/mol. The number of hydrogen-bond acceptors (Lipinski definition) is 7. The Hall–Kier alpha value is -1.77. The largest absolute Gasteiger partial charge is 0.441 e. The first-order chi connectivity index (χ1) is 12.6. The minimum Gasteiger partial charge on any atom is -0.441 e. The van der Waals surface area contributed by atoms with Gasteiger partial charge in [0.15, 0.2) is 11.1 Å². The van der Waals surface area contributed by atoms with Crippen LogP contribution in [0.2, 0.25) is 0 Å². The topological polar surface area (TPSA) is 67.5 Å². The first-order valence-electron chi connectivity index (χ1n) is 8.94. The fourth-order valence-electron chi connectivity index (χ4n) is 3.37. The van der Waals surface area contributed by atoms with E-state index in [9.17, 15) is 4.79 Å². The Bertz CT molecular complexity index is 729. The highest BCUT2D eigenvalue weighted by molar-refractivity contribution is 8.18. The second-order valence-electron chi connectivity index (χ2n) is 6.75. The predicted molar refractivity (Wildman–Crippen MR) is 101 cm³/mol. The SMILES string of the molecule is CC1CN(C2=NC(=O)/C(=C/c3ccc(N4CCOCC4)o3)S2)CC(C)O1. The normalized spacial score (nSPS) is 28.8. The van der Waals surface area contributed by atoms with Gasteiger partial charge in [0.2, 0.25) is 0 Å². The minimum atomic E-state index is -0.207. The maximum Gasteiger partial charge on any atom is 0.286 e. The smallest absolute Gasteiger partial charge is 0.286 e. The zero-order valence-electron chi connectivity index (χ0n) is 15.0. The van der Waals surface area contributed by atoms with Gasteiger partial charge in [-0.1, -0.05) is 0 Å². The standard InChI is InChI=1S/C18H23N3O4S/c1-12-10-21(11-13(2)24-12)18-19-17(22)15(26-18)9-14-3-4-16(25-14)20-5-7-23-8-6-20/h3-4,9,12-13H,5-8,10-11H2,1-2H3/b15-9-. The van der Waals surface area contributed by atoms with E-state index in [1.165, 1.54) is 11.8 Å². The number of nitrogens with zero attached hydrogens (tertiary/aromatic N) is 3. The van der Waals surface area contributed by atoms with E-state index >= 15 is 0 Å². The van der Waals surface area contributed by atoms with Gasteiger partial charge >= 0.3 is 0 Å². The highest BCUT2D eigenvalue weighted by Crippen LogP contribution is 2.32. The second-order valence-corrected chi connectivity index (χ2v) is 7.76. The zero-order valence-corrected chi connectivity index (χ0v) is 15.8. The molecule has 1 aromatic rings. The summed E-state index contributed by atoms with van der Waals surface area (Å²) >= 11 is 1.41. The highest BCUT2D eigenvalue weighted by Gasteiger charge is 2.31. The molecule has 1 aromatic heterocycles. The van der Waals surface area contributed by atoms with Crippen LogP contribution >= 0.6 is 11.8 Å². The van der Waals surface area contributed by atoms with E-state index in [0.717, 1.165) is 37.2 Å². The van der Waals surface area contributed by atoms with Gasteiger partial charge in [-0.3, -0.25) is 4.79 Å². The third kappa shape index (κ3) is 3.82. The average molecular weight is 377 g/mol. The molecule has 0 aromatic carbocycles. The number of rotatable bonds is 2. The van der Waals surface area contributed by atoms with Crippen LogP contribution in [0.5, 0.6) is 0 Å². The summed E-state index contributed by atoms with van der Waals surface area (Å²) in [5, 5.41) is 0.753. The maximum atomic E-state index is 12.3. The number of ether oxygens (including phenoxy) is 2. The van der Waals surface area contributed by atoms with Crippen molar-refractivity contribution in [1.29, 1.82) is 0 Å². The Labute approximate surface area is 157 Å². The molecule has 0 spiro atoms. The number of thioether (sulfide) groups is 1. The lowest BCUT2D eigenvalue weighted by atomic mass is 10.2. The summed E-state index contributed by atoms with van der Waals surface area (Å²) in [6.07, 6.45) is 2.04. The van der Waals surface area contributed by atoms with Gasteiger partial charge in [-0.25, -0.2) is 0 Å². The van der Waals surface area contributed by atoms with Crippen LogP contribution in [-0.4, -0.2) is 67.6 Å². The molecule has 2 unspecified atom stereocenters. The molecule has 26 heavy (non-hydrogen) atoms. The molecule has 0 saturated carbocycles. The van der Waals surface area contributed by atoms with E-state index < -0.39 is 0 Å². The van der Waals surface area contributed by atoms with Crippen LogP contribution in [0.25, 0.3) is 6.08 Å². The number of aliphatic imine (C=N–C) groups is 1. The summed E-state index contributed by atoms with van der Waals surface area (Å²) in [6, 6.07) is 3.83. The van der Waals surface area contributed by atoms with Crippen LogP contribution in [0, 0.1) is 0 Å². The van der Waals surface area contributed by atoms with Crippen molar-refractivity contribution in [2.45, 2.75) is 26.1 Å². The number of furan rings is 1. The quantitative estimate of drug-likeness (QED) is 0.732. The molecule has 4 rings (SSSR count). The van der Waals surface area contributed by atoms with Crippen molar-refractivity contribution in [3.05, 3.63) is 22.8 Å². The van der Waals surface area contributed by atoms with Crippen molar-refractivity contribution in [1.82, 2.24) is 4.90 Å². The molecule has 2 atom stereocenters. The Balaban J connectivity index is 1.44. The third-order valence-electron chi connectivity index (χ3n) is 4.51. The molecular weight excluding hydrogens is 354 g/mol. The summed E-state index contributed by atoms with van der Waals surface area (Å²) in [5.74, 6) is 1.27. The third-order valence-corrected chi connectivity index (χ3v) is 5.55. The van der Waals surface area contributed by atoms with Crippen molar-refractivity contribution in [3.63, 3.8) is 0 Å². The molecule has 1 amide bonds. The van der Waals surface area contributed by atoms with Crippen molar-refractivity contribution in [3.8, 4) is 0 Å². The highest BCUT2D eigenvalue weighted by atomic mass is 32.2. The van der Waals surface area contributed by atoms with Crippen molar-refractivity contribution < 1.29 is 18.7 Å². The number of hydrogen-bond donors (Lipinski definition) is 0. The molecule has 0 bridgehead atoms. The van der Waals surface area contributed by atoms with E-state index in [-0.39, 0.29) is 18.1 Å². The van der Waals surface area contributed by atoms with E-state index in [0.29, 0.717) is 23.9 Å². The Kier molecular flexibility index (Phi) is 5.06. The molecule has 3 aliphatic heterocycles. The molecule has 4 heterocycles. The van der Waals surface area contributed by atoms with E-state index in [1.807, 2.05) is 26.0 Å². The van der Waals surface area contributed by atoms with E-state index in [1.54, 1.807) is 6.08 Å². The number of anilines is 1. The zero-order chi connectivity index (χ0) is 18.1. The molecular formula is C18H23N3O4S. The number of carbonyl (C=O) groups is 1. The van der Waals surface area contributed by atoms with Crippen LogP contribution in [-0.2, 0) is 14.3 Å². The van der Waals surface area contributed by atoms with Gasteiger partial charge < -0.3 is 23.7 Å². The fraction of sp³-hybridized carbons (Fsp3) is 0.556. The summed E-state index contributed by atoms with van der Waals surface area (Å²) < 4.78 is 17.0. The van der Waals surface area contributed by atoms with Gasteiger partial charge in [0.1, 0.15) is 5.76 Å². The molecule has 0 radical (unpaired) electrons. The first kappa shape index (κ1) is 17.6. The van der Waals surface area contributed by atoms with Crippen LogP contribution in [0.3, 0.4) is 0 Å². The second kappa shape index (κ2) is 7.46. The molecule has 0 aliphatic carbocycles. The van der Waals surface area contributed by atoms with Crippen molar-refractivity contribution in [2.24, 2.45) is 4.99 Å². The number of amides is 1. The first-order valence-corrected chi connectivity index (χ1v) is 9.75. The van der Waals surface area contributed by atoms with E-state index in [2.05, 4.69) is 14.8 Å². The van der Waals surface area contributed by atoms with Gasteiger partial charge in [-0.2, -0.15) is 4.99 Å². The summed E-state index contributed by atoms with van der Waals surface area (Å²) in [5.41, 5.74) is 0. The lowest BCUT2D eigenvalue weighted by Crippen LogP contribution is -2.47. The summed E-state index contributed by atoms with van der Waals surface area (Å²) in [6.45, 7) is 8.63. The Morgan fingerprint density at radius 3 is 2.62 bits per heavy atom. The minimum absolute atomic E-state index is 0.131. The van der Waals surface area contributed by atoms with Gasteiger partial charge in [-0.15, -0.1) is 0 Å². The molecule has 2 fully saturated rings. The van der Waals surface area contributed by atoms with Crippen LogP contribution in [0.1, 0.15) is 19.6 Å². The maximum absolute atomic E-state index is 12.3. The van der Waals surface area contributed by atoms with Crippen LogP contribution in [0.15, 0.2) is 26.4 Å². The molecule has 8 heteroatoms. The van der Waals surface area contributed by atoms with Crippen LogP contribution < -0.4 is 4.90 Å². The molecule has 140 valence electrons. The summed E-state index contributed by atoms with van der Waals surface area (Å²) in [4.78, 5) is 21.4. The predicted octanol–water partition coefficient (Wildman–Crippen LogP) is 2.20. The Morgan fingerprint density at radius 2 is 1.88 bits per heavy atom. The lowest BCUT2D eigenvalue weighted by molar-refractivity contribution is -0.113. The Morgan fingerprint density at radius 1 is 1.15 bits per heavy atom. The number of carbonyl (C=O) groups excluding carboxylic acids is 1. The number of morpholine rings is 2.